The van der Waals surface area contributed by atoms with Crippen LogP contribution in [0.15, 0.2) is 58.8 Å². The first-order valence-corrected chi connectivity index (χ1v) is 20.8. The molecule has 0 saturated carbocycles. The number of ether oxygens (including phenoxy) is 3. The second kappa shape index (κ2) is 16.1. The zero-order valence-electron chi connectivity index (χ0n) is 27.8. The minimum absolute atomic E-state index is 0.0145. The van der Waals surface area contributed by atoms with Crippen LogP contribution in [-0.2, 0) is 52.0 Å². The number of anilines is 1. The molecule has 1 aromatic carbocycles. The van der Waals surface area contributed by atoms with Gasteiger partial charge in [0.25, 0.3) is 5.56 Å². The highest BCUT2D eigenvalue weighted by molar-refractivity contribution is 8.54. The molecule has 55 heavy (non-hydrogen) atoms. The lowest BCUT2D eigenvalue weighted by molar-refractivity contribution is -0.208. The normalized spacial score (nSPS) is 32.7. The Hall–Kier alpha value is -3.64. The smallest absolute Gasteiger partial charge is 0.415 e. The van der Waals surface area contributed by atoms with E-state index in [1.54, 1.807) is 0 Å². The number of nitrogens with zero attached hydrogens (tertiary/aromatic N) is 5. The van der Waals surface area contributed by atoms with Crippen molar-refractivity contribution >= 4 is 60.0 Å². The fourth-order valence-electron chi connectivity index (χ4n) is 5.81. The van der Waals surface area contributed by atoms with Crippen molar-refractivity contribution in [3.05, 3.63) is 75.6 Å². The van der Waals surface area contributed by atoms with E-state index >= 15 is 8.78 Å². The summed E-state index contributed by atoms with van der Waals surface area (Å²) in [6.45, 7) is -6.36. The van der Waals surface area contributed by atoms with E-state index in [-0.39, 0.29) is 28.5 Å². The maximum atomic E-state index is 16.4. The van der Waals surface area contributed by atoms with E-state index < -0.39 is 93.7 Å². The Morgan fingerprint density at radius 1 is 1.00 bits per heavy atom. The molecule has 0 amide bonds. The van der Waals surface area contributed by atoms with Crippen LogP contribution in [-0.4, -0.2) is 91.6 Å². The lowest BCUT2D eigenvalue weighted by Gasteiger charge is -2.27. The molecule has 10 atom stereocenters. The molecule has 296 valence electrons. The Kier molecular flexibility index (Phi) is 11.6. The van der Waals surface area contributed by atoms with Crippen LogP contribution in [0.3, 0.4) is 0 Å². The van der Waals surface area contributed by atoms with Gasteiger partial charge in [-0.2, -0.15) is 0 Å². The number of hydrogen-bond donors (Lipinski definition) is 2. The summed E-state index contributed by atoms with van der Waals surface area (Å²) in [4.78, 5) is 54.2. The molecule has 3 aromatic heterocycles. The van der Waals surface area contributed by atoms with Gasteiger partial charge in [-0.05, 0) is 29.1 Å². The second-order valence-corrected chi connectivity index (χ2v) is 17.6. The van der Waals surface area contributed by atoms with Gasteiger partial charge in [-0.15, -0.1) is 4.67 Å². The maximum absolute atomic E-state index is 16.4. The number of halogens is 3. The van der Waals surface area contributed by atoms with Crippen LogP contribution in [0.4, 0.5) is 19.4 Å². The van der Waals surface area contributed by atoms with Crippen molar-refractivity contribution in [2.24, 2.45) is 0 Å². The summed E-state index contributed by atoms with van der Waals surface area (Å²) < 4.78 is 108. The minimum Gasteiger partial charge on any atom is -0.415 e. The van der Waals surface area contributed by atoms with Gasteiger partial charge in [-0.1, -0.05) is 12.1 Å². The molecule has 2 unspecified atom stereocenters. The van der Waals surface area contributed by atoms with Gasteiger partial charge in [0.05, 0.1) is 26.7 Å². The van der Waals surface area contributed by atoms with Crippen molar-refractivity contribution in [1.29, 1.82) is 0 Å². The Bertz CT molecular complexity index is 2270. The van der Waals surface area contributed by atoms with E-state index in [4.69, 9.17) is 54.3 Å². The molecule has 0 radical (unpaired) electrons. The van der Waals surface area contributed by atoms with Crippen LogP contribution in [0.2, 0.25) is 0 Å². The third-order valence-corrected chi connectivity index (χ3v) is 13.3. The highest BCUT2D eigenvalue weighted by Crippen LogP contribution is 2.65. The highest BCUT2D eigenvalue weighted by atomic mass is 35.5. The molecule has 27 heteroatoms. The number of carbonyl (C=O) groups excluding carboxylic acids is 1. The number of alkyl halides is 2. The van der Waals surface area contributed by atoms with E-state index in [2.05, 4.69) is 19.8 Å². The summed E-state index contributed by atoms with van der Waals surface area (Å²) in [7, 11) is -4.05. The maximum Gasteiger partial charge on any atom is 0.502 e. The molecule has 6 heterocycles. The monoisotopic (exact) mass is 853 g/mol. The molecule has 3 aliphatic heterocycles. The number of hydrogen-bond acceptors (Lipinski definition) is 19. The molecule has 3 aliphatic rings. The summed E-state index contributed by atoms with van der Waals surface area (Å²) in [5, 5.41) is 0. The van der Waals surface area contributed by atoms with Crippen molar-refractivity contribution in [2.45, 2.75) is 55.0 Å². The number of nitrogen functional groups attached to an aromatic ring is 1. The number of phosphoric acid groups is 1. The Balaban J connectivity index is 1.25. The molecular formula is C28H28ClF2N7O14P2S. The lowest BCUT2D eigenvalue weighted by atomic mass is 10.1. The van der Waals surface area contributed by atoms with Gasteiger partial charge >= 0.3 is 25.7 Å². The molecule has 21 nitrogen and oxygen atoms in total. The van der Waals surface area contributed by atoms with Crippen LogP contribution in [0.25, 0.3) is 11.2 Å². The highest BCUT2D eigenvalue weighted by Gasteiger charge is 2.56. The first kappa shape index (κ1) is 39.6. The van der Waals surface area contributed by atoms with Gasteiger partial charge in [0.15, 0.2) is 36.3 Å². The number of nitrogens with two attached hydrogens (primary N) is 1. The first-order chi connectivity index (χ1) is 26.3. The SMILES string of the molecule is COOP1(=O)OC[C@H]2O[C@@H](n3ccc(=O)[nH]c3=O)[C@H](F)[C@@H]2OP(=O)(SCc2ccc(OC(=O)Cl)cc2)OC[C@H]2O[C@@H](n3cnc4c(N)ncnc43)[C@H](O1)[C@@H]2F. The Morgan fingerprint density at radius 3 is 2.47 bits per heavy atom. The van der Waals surface area contributed by atoms with Gasteiger partial charge in [-0.25, -0.2) is 47.3 Å². The zero-order valence-corrected chi connectivity index (χ0v) is 31.2. The number of rotatable bonds is 8. The van der Waals surface area contributed by atoms with Crippen molar-refractivity contribution in [1.82, 2.24) is 29.1 Å². The summed E-state index contributed by atoms with van der Waals surface area (Å²) in [6, 6.07) is 6.75. The van der Waals surface area contributed by atoms with Gasteiger partial charge in [0.1, 0.15) is 42.0 Å². The molecule has 3 N–H and O–H groups in total. The van der Waals surface area contributed by atoms with E-state index in [1.165, 1.54) is 35.2 Å². The van der Waals surface area contributed by atoms with Gasteiger partial charge in [0, 0.05) is 29.6 Å². The van der Waals surface area contributed by atoms with Gasteiger partial charge in [0.2, 0.25) is 0 Å². The molecule has 7 rings (SSSR count). The van der Waals surface area contributed by atoms with Crippen molar-refractivity contribution in [3.8, 4) is 5.75 Å². The lowest BCUT2D eigenvalue weighted by Crippen LogP contribution is -2.36. The van der Waals surface area contributed by atoms with Crippen LogP contribution in [0.1, 0.15) is 18.0 Å². The summed E-state index contributed by atoms with van der Waals surface area (Å²) in [6.07, 6.45) is -11.6. The van der Waals surface area contributed by atoms with Crippen molar-refractivity contribution < 1.29 is 64.6 Å². The summed E-state index contributed by atoms with van der Waals surface area (Å²) in [5.74, 6) is -0.0314. The number of aromatic amines is 1. The van der Waals surface area contributed by atoms with Crippen LogP contribution < -0.4 is 21.7 Å². The van der Waals surface area contributed by atoms with Crippen LogP contribution in [0.5, 0.6) is 5.75 Å². The molecule has 2 bridgehead atoms. The zero-order chi connectivity index (χ0) is 39.1. The first-order valence-electron chi connectivity index (χ1n) is 15.8. The number of H-pyrrole nitrogens is 1. The molecular weight excluding hydrogens is 826 g/mol. The molecule has 3 fully saturated rings. The minimum atomic E-state index is -5.01. The van der Waals surface area contributed by atoms with E-state index in [1.807, 2.05) is 4.98 Å². The van der Waals surface area contributed by atoms with E-state index in [0.29, 0.717) is 21.5 Å². The predicted molar refractivity (Wildman–Crippen MR) is 183 cm³/mol. The number of imidazole rings is 1. The predicted octanol–water partition coefficient (Wildman–Crippen LogP) is 3.71. The standard InChI is InChI=1S/C28H28ClF2N7O14P2S/c1-44-52-53(42)45-9-16-21(19(31)25(49-16)37-7-6-17(39)36-28(37)41)51-54(43,55-10-13-2-4-14(5-3-13)47-27(29)40)46-8-15-18(30)22(50-53)26(48-15)38-12-35-20-23(32)33-11-34-24(20)38/h2-7,11-12,15-16,18-19,21-22,25-26H,8-10H2,1H3,(H2,32,33,34)(H,36,39,41)/t15-,16-,18-,19-,21-,22-,25-,26-,53?,54?/m1/s1. The average Bonchev–Trinajstić information content (AvgIpc) is 3.80. The molecule has 0 aliphatic carbocycles. The van der Waals surface area contributed by atoms with Crippen LogP contribution >= 0.6 is 37.6 Å². The van der Waals surface area contributed by atoms with Crippen molar-refractivity contribution in [2.75, 3.05) is 26.1 Å². The van der Waals surface area contributed by atoms with Crippen molar-refractivity contribution in [3.63, 3.8) is 0 Å². The third kappa shape index (κ3) is 8.41. The molecule has 0 spiro atoms. The Labute approximate surface area is 315 Å². The fraction of sp³-hybridized carbons (Fsp3) is 0.429. The molecule has 4 aromatic rings. The summed E-state index contributed by atoms with van der Waals surface area (Å²) in [5.41, 5.74) is 3.69. The number of fused-ring (bicyclic) bond motifs is 4. The van der Waals surface area contributed by atoms with E-state index in [9.17, 15) is 23.5 Å². The van der Waals surface area contributed by atoms with Crippen LogP contribution in [0, 0.1) is 0 Å². The number of benzene rings is 1. The number of aromatic nitrogens is 6. The topological polar surface area (TPSA) is 259 Å². The second-order valence-electron chi connectivity index (χ2n) is 11.7. The number of phosphoric ester groups is 1. The number of carbonyl (C=O) groups is 1. The van der Waals surface area contributed by atoms with Gasteiger partial charge < -0.3 is 19.9 Å². The largest absolute Gasteiger partial charge is 0.502 e. The fourth-order valence-corrected chi connectivity index (χ4v) is 10.5. The number of nitrogens with one attached hydrogen (secondary N) is 1. The quantitative estimate of drug-likeness (QED) is 0.111. The van der Waals surface area contributed by atoms with E-state index in [0.717, 1.165) is 25.7 Å². The Morgan fingerprint density at radius 2 is 1.75 bits per heavy atom. The summed E-state index contributed by atoms with van der Waals surface area (Å²) >= 11 is 5.83. The molecule has 3 saturated heterocycles. The average molecular weight is 854 g/mol. The van der Waals surface area contributed by atoms with Gasteiger partial charge in [-0.3, -0.25) is 37.0 Å². The third-order valence-electron chi connectivity index (χ3n) is 8.29.